The minimum absolute atomic E-state index is 0.0590. The average Bonchev–Trinajstić information content (AvgIpc) is 2.63. The van der Waals surface area contributed by atoms with Crippen LogP contribution in [0.5, 0.6) is 0 Å². The largest absolute Gasteiger partial charge is 0.325 e. The summed E-state index contributed by atoms with van der Waals surface area (Å²) in [6, 6.07) is 10.4. The normalized spacial score (nSPS) is 13.3. The maximum Gasteiger partial charge on any atom is 0.237 e. The topological polar surface area (TPSA) is 29.1 Å². The van der Waals surface area contributed by atoms with Gasteiger partial charge in [-0.05, 0) is 80.8 Å². The van der Waals surface area contributed by atoms with Gasteiger partial charge in [-0.25, -0.2) is 0 Å². The lowest BCUT2D eigenvalue weighted by Crippen LogP contribution is -2.23. The summed E-state index contributed by atoms with van der Waals surface area (Å²) >= 11 is 1.66. The number of hydrogen-bond acceptors (Lipinski definition) is 2. The van der Waals surface area contributed by atoms with Crippen LogP contribution in [-0.4, -0.2) is 11.2 Å². The molecule has 0 saturated heterocycles. The van der Waals surface area contributed by atoms with Gasteiger partial charge in [0.2, 0.25) is 5.91 Å². The van der Waals surface area contributed by atoms with Crippen LogP contribution in [0.1, 0.15) is 60.9 Å². The zero-order valence-corrected chi connectivity index (χ0v) is 17.9. The Labute approximate surface area is 162 Å². The first kappa shape index (κ1) is 20.6. The molecule has 140 valence electrons. The molecule has 2 rings (SSSR count). The van der Waals surface area contributed by atoms with Crippen LogP contribution in [0.15, 0.2) is 35.2 Å². The molecular weight excluding hydrogens is 338 g/mol. The van der Waals surface area contributed by atoms with E-state index in [1.807, 2.05) is 25.1 Å². The first-order valence-electron chi connectivity index (χ1n) is 9.40. The Morgan fingerprint density at radius 3 is 2.19 bits per heavy atom. The zero-order chi connectivity index (χ0) is 19.4. The van der Waals surface area contributed by atoms with E-state index in [0.29, 0.717) is 5.92 Å². The van der Waals surface area contributed by atoms with E-state index in [2.05, 4.69) is 59.0 Å². The number of anilines is 1. The molecule has 0 aliphatic carbocycles. The molecule has 0 spiro atoms. The highest BCUT2D eigenvalue weighted by atomic mass is 32.2. The summed E-state index contributed by atoms with van der Waals surface area (Å²) < 4.78 is 0. The highest BCUT2D eigenvalue weighted by Gasteiger charge is 2.20. The van der Waals surface area contributed by atoms with Crippen molar-refractivity contribution in [1.82, 2.24) is 0 Å². The van der Waals surface area contributed by atoms with Gasteiger partial charge in [0.1, 0.15) is 0 Å². The fourth-order valence-corrected chi connectivity index (χ4v) is 4.28. The number of aryl methyl sites for hydroxylation is 2. The van der Waals surface area contributed by atoms with E-state index >= 15 is 0 Å². The molecule has 1 N–H and O–H groups in total. The molecule has 0 saturated carbocycles. The molecule has 2 aromatic rings. The van der Waals surface area contributed by atoms with Crippen LogP contribution >= 0.6 is 11.8 Å². The van der Waals surface area contributed by atoms with Crippen molar-refractivity contribution in [3.05, 3.63) is 58.1 Å². The number of carbonyl (C=O) groups is 1. The molecule has 0 aliphatic heterocycles. The van der Waals surface area contributed by atoms with Crippen molar-refractivity contribution in [3.63, 3.8) is 0 Å². The second-order valence-corrected chi connectivity index (χ2v) is 8.59. The number of thioether (sulfide) groups is 1. The van der Waals surface area contributed by atoms with Gasteiger partial charge in [0.15, 0.2) is 0 Å². The highest BCUT2D eigenvalue weighted by molar-refractivity contribution is 8.00. The second-order valence-electron chi connectivity index (χ2n) is 7.24. The Bertz CT molecular complexity index is 771. The Morgan fingerprint density at radius 2 is 1.62 bits per heavy atom. The molecule has 0 heterocycles. The number of nitrogens with one attached hydrogen (secondary N) is 1. The summed E-state index contributed by atoms with van der Waals surface area (Å²) in [7, 11) is 0. The third-order valence-corrected chi connectivity index (χ3v) is 6.74. The zero-order valence-electron chi connectivity index (χ0n) is 17.1. The van der Waals surface area contributed by atoms with Crippen LogP contribution < -0.4 is 5.32 Å². The summed E-state index contributed by atoms with van der Waals surface area (Å²) in [5.41, 5.74) is 7.26. The van der Waals surface area contributed by atoms with E-state index in [9.17, 15) is 4.79 Å². The molecule has 2 atom stereocenters. The maximum absolute atomic E-state index is 12.8. The van der Waals surface area contributed by atoms with Crippen molar-refractivity contribution >= 4 is 23.4 Å². The summed E-state index contributed by atoms with van der Waals surface area (Å²) in [5.74, 6) is 0.488. The first-order valence-corrected chi connectivity index (χ1v) is 10.3. The van der Waals surface area contributed by atoms with Crippen molar-refractivity contribution in [1.29, 1.82) is 0 Å². The Hall–Kier alpha value is -1.74. The lowest BCUT2D eigenvalue weighted by Gasteiger charge is -2.20. The predicted molar refractivity (Wildman–Crippen MR) is 114 cm³/mol. The molecule has 0 bridgehead atoms. The van der Waals surface area contributed by atoms with Crippen molar-refractivity contribution < 1.29 is 4.79 Å². The number of carbonyl (C=O) groups excluding carboxylic acids is 1. The van der Waals surface area contributed by atoms with Crippen molar-refractivity contribution in [3.8, 4) is 0 Å². The summed E-state index contributed by atoms with van der Waals surface area (Å²) in [5, 5.41) is 3.00. The minimum atomic E-state index is -0.154. The number of benzene rings is 2. The summed E-state index contributed by atoms with van der Waals surface area (Å²) in [6.45, 7) is 14.9. The average molecular weight is 370 g/mol. The molecule has 2 nitrogen and oxygen atoms in total. The predicted octanol–water partition coefficient (Wildman–Crippen LogP) is 6.55. The lowest BCUT2D eigenvalue weighted by atomic mass is 9.97. The van der Waals surface area contributed by atoms with Crippen LogP contribution in [-0.2, 0) is 4.79 Å². The summed E-state index contributed by atoms with van der Waals surface area (Å²) in [6.07, 6.45) is 1.05. The molecule has 0 aromatic heterocycles. The van der Waals surface area contributed by atoms with Crippen LogP contribution in [0.3, 0.4) is 0 Å². The third kappa shape index (κ3) is 4.50. The van der Waals surface area contributed by atoms with Crippen LogP contribution in [0.4, 0.5) is 5.69 Å². The van der Waals surface area contributed by atoms with Crippen LogP contribution in [0.2, 0.25) is 0 Å². The number of amides is 1. The van der Waals surface area contributed by atoms with Gasteiger partial charge < -0.3 is 5.32 Å². The lowest BCUT2D eigenvalue weighted by molar-refractivity contribution is -0.115. The molecule has 3 heteroatoms. The quantitative estimate of drug-likeness (QED) is 0.585. The molecule has 0 aliphatic rings. The molecule has 2 aromatic carbocycles. The van der Waals surface area contributed by atoms with Crippen molar-refractivity contribution in [2.24, 2.45) is 0 Å². The maximum atomic E-state index is 12.8. The second kappa shape index (κ2) is 8.77. The fourth-order valence-electron chi connectivity index (χ4n) is 3.08. The van der Waals surface area contributed by atoms with E-state index in [1.54, 1.807) is 11.8 Å². The van der Waals surface area contributed by atoms with Gasteiger partial charge in [-0.3, -0.25) is 4.79 Å². The van der Waals surface area contributed by atoms with Crippen LogP contribution in [0, 0.1) is 27.7 Å². The SMILES string of the molecule is CC[C@@H](C)c1ccccc1NC(=O)[C@@H](C)Sc1c(C)c(C)cc(C)c1C. The fraction of sp³-hybridized carbons (Fsp3) is 0.435. The number of para-hydroxylation sites is 1. The molecule has 26 heavy (non-hydrogen) atoms. The number of hydrogen-bond donors (Lipinski definition) is 1. The Balaban J connectivity index is 2.20. The van der Waals surface area contributed by atoms with Gasteiger partial charge in [0.05, 0.1) is 5.25 Å². The molecule has 0 unspecified atom stereocenters. The minimum Gasteiger partial charge on any atom is -0.325 e. The van der Waals surface area contributed by atoms with E-state index in [0.717, 1.165) is 12.1 Å². The first-order chi connectivity index (χ1) is 12.3. The third-order valence-electron chi connectivity index (χ3n) is 5.32. The monoisotopic (exact) mass is 369 g/mol. The van der Waals surface area contributed by atoms with Crippen molar-refractivity contribution in [2.75, 3.05) is 5.32 Å². The smallest absolute Gasteiger partial charge is 0.237 e. The Kier molecular flexibility index (Phi) is 6.94. The Morgan fingerprint density at radius 1 is 1.04 bits per heavy atom. The standard InChI is InChI=1S/C23H31NOS/c1-8-14(2)20-11-9-10-12-21(20)24-23(25)19(7)26-22-17(5)15(3)13-16(4)18(22)6/h9-14,19H,8H2,1-7H3,(H,24,25)/t14-,19-/m1/s1. The van der Waals surface area contributed by atoms with Gasteiger partial charge in [-0.2, -0.15) is 0 Å². The van der Waals surface area contributed by atoms with E-state index in [-0.39, 0.29) is 11.2 Å². The van der Waals surface area contributed by atoms with E-state index < -0.39 is 0 Å². The van der Waals surface area contributed by atoms with Gasteiger partial charge >= 0.3 is 0 Å². The molecule has 0 radical (unpaired) electrons. The highest BCUT2D eigenvalue weighted by Crippen LogP contribution is 2.34. The molecular formula is C23H31NOS. The van der Waals surface area contributed by atoms with Gasteiger partial charge in [0, 0.05) is 10.6 Å². The van der Waals surface area contributed by atoms with Crippen molar-refractivity contribution in [2.45, 2.75) is 71.0 Å². The van der Waals surface area contributed by atoms with Gasteiger partial charge in [-0.15, -0.1) is 11.8 Å². The number of rotatable bonds is 6. The van der Waals surface area contributed by atoms with Crippen LogP contribution in [0.25, 0.3) is 0 Å². The molecule has 1 amide bonds. The van der Waals surface area contributed by atoms with Gasteiger partial charge in [0.25, 0.3) is 0 Å². The molecule has 0 fully saturated rings. The van der Waals surface area contributed by atoms with E-state index in [1.165, 1.54) is 32.7 Å². The van der Waals surface area contributed by atoms with E-state index in [4.69, 9.17) is 0 Å². The van der Waals surface area contributed by atoms with Gasteiger partial charge in [-0.1, -0.05) is 38.1 Å². The summed E-state index contributed by atoms with van der Waals surface area (Å²) in [4.78, 5) is 14.1.